The van der Waals surface area contributed by atoms with Gasteiger partial charge >= 0.3 is 0 Å². The molecule has 0 saturated heterocycles. The fourth-order valence-electron chi connectivity index (χ4n) is 8.65. The van der Waals surface area contributed by atoms with Crippen molar-refractivity contribution in [1.29, 1.82) is 0 Å². The third-order valence-corrected chi connectivity index (χ3v) is 9.03. The lowest BCUT2D eigenvalue weighted by Gasteiger charge is -2.92. The first kappa shape index (κ1) is 6.18. The Hall–Kier alpha value is 0.350. The van der Waals surface area contributed by atoms with Gasteiger partial charge < -0.3 is 0 Å². The predicted octanol–water partition coefficient (Wildman–Crippen LogP) is 1.77. The summed E-state index contributed by atoms with van der Waals surface area (Å²) in [5, 5.41) is 0.861. The quantitative estimate of drug-likeness (QED) is 0.569. The Labute approximate surface area is 89.2 Å². The lowest BCUT2D eigenvalue weighted by molar-refractivity contribution is -0.454. The highest BCUT2D eigenvalue weighted by atomic mass is 32.1. The second kappa shape index (κ2) is 1.31. The molecule has 7 aliphatic rings. The summed E-state index contributed by atoms with van der Waals surface area (Å²) in [6, 6.07) is 0. The highest BCUT2D eigenvalue weighted by Gasteiger charge is 2.94. The van der Waals surface area contributed by atoms with Crippen LogP contribution in [0.2, 0.25) is 0 Å². The van der Waals surface area contributed by atoms with Crippen LogP contribution in [0, 0.1) is 71.0 Å². The van der Waals surface area contributed by atoms with Crippen LogP contribution in [-0.4, -0.2) is 5.25 Å². The summed E-state index contributed by atoms with van der Waals surface area (Å²) in [7, 11) is 0. The van der Waals surface area contributed by atoms with Crippen LogP contribution in [0.15, 0.2) is 0 Å². The number of thiol groups is 1. The summed E-state index contributed by atoms with van der Waals surface area (Å²) < 4.78 is 0. The molecule has 0 nitrogen and oxygen atoms in total. The third-order valence-electron chi connectivity index (χ3n) is 8.34. The molecule has 72 valence electrons. The molecule has 1 heteroatoms. The molecule has 0 N–H and O–H groups in total. The fraction of sp³-hybridized carbons (Fsp3) is 1.00. The van der Waals surface area contributed by atoms with Crippen molar-refractivity contribution >= 4 is 12.6 Å². The fourth-order valence-corrected chi connectivity index (χ4v) is 9.45. The number of fused-ring (bicyclic) bond motifs is 5. The summed E-state index contributed by atoms with van der Waals surface area (Å²) >= 11 is 4.99. The van der Waals surface area contributed by atoms with Gasteiger partial charge in [-0.05, 0) is 71.0 Å². The van der Waals surface area contributed by atoms with Gasteiger partial charge in [0.25, 0.3) is 0 Å². The van der Waals surface area contributed by atoms with Gasteiger partial charge in [0.05, 0.1) is 0 Å². The molecule has 0 spiro atoms. The van der Waals surface area contributed by atoms with E-state index < -0.39 is 0 Å². The normalized spacial score (nSPS) is 100. The molecule has 7 aliphatic carbocycles. The van der Waals surface area contributed by atoms with Crippen LogP contribution in [0.3, 0.4) is 0 Å². The van der Waals surface area contributed by atoms with Crippen molar-refractivity contribution in [3.05, 3.63) is 0 Å². The van der Waals surface area contributed by atoms with Gasteiger partial charge in [-0.3, -0.25) is 0 Å². The highest BCUT2D eigenvalue weighted by Crippen LogP contribution is 2.97. The lowest BCUT2D eigenvalue weighted by atomic mass is 9.12. The minimum Gasteiger partial charge on any atom is -0.175 e. The number of hydrogen-bond donors (Lipinski definition) is 1. The highest BCUT2D eigenvalue weighted by molar-refractivity contribution is 7.81. The molecular weight excluding hydrogens is 188 g/mol. The monoisotopic (exact) mass is 202 g/mol. The summed E-state index contributed by atoms with van der Waals surface area (Å²) in [6.07, 6.45) is 0. The van der Waals surface area contributed by atoms with Gasteiger partial charge in [-0.15, -0.1) is 0 Å². The maximum atomic E-state index is 4.99. The molecule has 0 aliphatic heterocycles. The van der Waals surface area contributed by atoms with Crippen molar-refractivity contribution in [2.75, 3.05) is 0 Å². The van der Waals surface area contributed by atoms with Crippen molar-refractivity contribution in [3.63, 3.8) is 0 Å². The molecule has 0 radical (unpaired) electrons. The number of rotatable bonds is 0. The van der Waals surface area contributed by atoms with Crippen LogP contribution in [0.4, 0.5) is 0 Å². The first-order valence-corrected chi connectivity index (χ1v) is 7.11. The van der Waals surface area contributed by atoms with E-state index in [0.29, 0.717) is 0 Å². The van der Waals surface area contributed by atoms with E-state index >= 15 is 0 Å². The summed E-state index contributed by atoms with van der Waals surface area (Å²) in [4.78, 5) is 0. The van der Waals surface area contributed by atoms with Crippen molar-refractivity contribution in [3.8, 4) is 0 Å². The Morgan fingerprint density at radius 2 is 0.571 bits per heavy atom. The summed E-state index contributed by atoms with van der Waals surface area (Å²) in [5.41, 5.74) is 0. The van der Waals surface area contributed by atoms with Crippen molar-refractivity contribution in [2.45, 2.75) is 5.25 Å². The predicted molar refractivity (Wildman–Crippen MR) is 54.7 cm³/mol. The SMILES string of the molecule is SC1C2C3C4C1C1C4C4C1C1C2C3C14. The second-order valence-corrected chi connectivity index (χ2v) is 8.02. The molecule has 0 bridgehead atoms. The molecule has 7 rings (SSSR count). The Morgan fingerprint density at radius 1 is 0.357 bits per heavy atom. The van der Waals surface area contributed by atoms with E-state index in [9.17, 15) is 0 Å². The van der Waals surface area contributed by atoms with Gasteiger partial charge in [0.1, 0.15) is 0 Å². The van der Waals surface area contributed by atoms with E-state index in [-0.39, 0.29) is 0 Å². The van der Waals surface area contributed by atoms with E-state index in [2.05, 4.69) is 0 Å². The van der Waals surface area contributed by atoms with Crippen LogP contribution in [-0.2, 0) is 0 Å². The molecule has 14 heavy (non-hydrogen) atoms. The maximum Gasteiger partial charge on any atom is 0.00847 e. The zero-order valence-electron chi connectivity index (χ0n) is 7.95. The average Bonchev–Trinajstić information content (AvgIpc) is 2.30. The van der Waals surface area contributed by atoms with Gasteiger partial charge in [-0.2, -0.15) is 12.6 Å². The molecular formula is C13H14S. The summed E-state index contributed by atoms with van der Waals surface area (Å²) in [5.74, 6) is 14.7. The minimum absolute atomic E-state index is 0.861. The molecule has 0 amide bonds. The smallest absolute Gasteiger partial charge is 0.00847 e. The molecule has 0 aromatic carbocycles. The Balaban J connectivity index is 1.63. The van der Waals surface area contributed by atoms with Crippen LogP contribution in [0.25, 0.3) is 0 Å². The van der Waals surface area contributed by atoms with E-state index in [1.165, 1.54) is 59.2 Å². The second-order valence-electron chi connectivity index (χ2n) is 7.42. The van der Waals surface area contributed by atoms with Gasteiger partial charge in [0.15, 0.2) is 0 Å². The molecule has 0 aromatic rings. The van der Waals surface area contributed by atoms with Gasteiger partial charge in [-0.1, -0.05) is 0 Å². The van der Waals surface area contributed by atoms with Crippen molar-refractivity contribution in [1.82, 2.24) is 0 Å². The number of hydrogen-bond acceptors (Lipinski definition) is 1. The Kier molecular flexibility index (Phi) is 0.580. The van der Waals surface area contributed by atoms with E-state index in [1.807, 2.05) is 0 Å². The standard InChI is InChI=1S/C13H14S/c14-13-11-7-3-1-2-4(3)8-6(2)10(12(8)13)9(11)5(1)7/h1-14H. The van der Waals surface area contributed by atoms with Gasteiger partial charge in [0, 0.05) is 5.25 Å². The molecule has 12 unspecified atom stereocenters. The average molecular weight is 202 g/mol. The molecule has 12 atom stereocenters. The van der Waals surface area contributed by atoms with Crippen molar-refractivity contribution < 1.29 is 0 Å². The van der Waals surface area contributed by atoms with Crippen molar-refractivity contribution in [2.24, 2.45) is 71.0 Å². The first-order valence-electron chi connectivity index (χ1n) is 6.59. The van der Waals surface area contributed by atoms with E-state index in [4.69, 9.17) is 12.6 Å². The van der Waals surface area contributed by atoms with Gasteiger partial charge in [-0.25, -0.2) is 0 Å². The van der Waals surface area contributed by atoms with Gasteiger partial charge in [0.2, 0.25) is 0 Å². The molecule has 7 saturated carbocycles. The van der Waals surface area contributed by atoms with E-state index in [0.717, 1.165) is 17.1 Å². The Bertz CT molecular complexity index is 358. The van der Waals surface area contributed by atoms with Crippen LogP contribution in [0.5, 0.6) is 0 Å². The van der Waals surface area contributed by atoms with Crippen LogP contribution >= 0.6 is 12.6 Å². The first-order chi connectivity index (χ1) is 6.91. The largest absolute Gasteiger partial charge is 0.175 e. The molecule has 7 fully saturated rings. The minimum atomic E-state index is 0.861. The zero-order chi connectivity index (χ0) is 8.51. The third kappa shape index (κ3) is 0.273. The van der Waals surface area contributed by atoms with E-state index in [1.54, 1.807) is 0 Å². The topological polar surface area (TPSA) is 0 Å². The molecule has 0 aromatic heterocycles. The zero-order valence-corrected chi connectivity index (χ0v) is 8.85. The molecule has 0 heterocycles. The Morgan fingerprint density at radius 3 is 0.857 bits per heavy atom. The van der Waals surface area contributed by atoms with Crippen LogP contribution in [0.1, 0.15) is 0 Å². The van der Waals surface area contributed by atoms with Crippen LogP contribution < -0.4 is 0 Å². The maximum absolute atomic E-state index is 4.99. The summed E-state index contributed by atoms with van der Waals surface area (Å²) in [6.45, 7) is 0. The lowest BCUT2D eigenvalue weighted by Crippen LogP contribution is -2.89.